The summed E-state index contributed by atoms with van der Waals surface area (Å²) in [5, 5.41) is 10.6. The fourth-order valence-corrected chi connectivity index (χ4v) is 3.60. The topological polar surface area (TPSA) is 47.9 Å². The Kier molecular flexibility index (Phi) is 8.26. The average molecular weight is 343 g/mol. The van der Waals surface area contributed by atoms with Gasteiger partial charge in [-0.3, -0.25) is 0 Å². The molecule has 1 heterocycles. The highest BCUT2D eigenvalue weighted by atomic mass is 28.3. The minimum Gasteiger partial charge on any atom is -0.390 e. The number of rotatable bonds is 6. The molecule has 1 N–H and O–H groups in total. The Morgan fingerprint density at radius 3 is 2.43 bits per heavy atom. The van der Waals surface area contributed by atoms with Crippen LogP contribution in [0.2, 0.25) is 19.6 Å². The van der Waals surface area contributed by atoms with E-state index < -0.39 is 14.2 Å². The molecule has 4 nitrogen and oxygen atoms in total. The van der Waals surface area contributed by atoms with Gasteiger partial charge in [-0.15, -0.1) is 11.5 Å². The van der Waals surface area contributed by atoms with Crippen molar-refractivity contribution in [1.29, 1.82) is 0 Å². The van der Waals surface area contributed by atoms with E-state index in [-0.39, 0.29) is 24.4 Å². The van der Waals surface area contributed by atoms with E-state index in [0.717, 1.165) is 12.8 Å². The number of ether oxygens (including phenoxy) is 3. The van der Waals surface area contributed by atoms with E-state index in [1.165, 1.54) is 0 Å². The van der Waals surface area contributed by atoms with Crippen LogP contribution in [0.4, 0.5) is 0 Å². The number of aliphatic hydroxyl groups excluding tert-OH is 1. The van der Waals surface area contributed by atoms with Crippen molar-refractivity contribution in [3.63, 3.8) is 0 Å². The van der Waals surface area contributed by atoms with Gasteiger partial charge in [0.25, 0.3) is 0 Å². The molecule has 0 aliphatic carbocycles. The third kappa shape index (κ3) is 6.94. The fraction of sp³-hybridized carbons (Fsp3) is 0.889. The molecule has 0 saturated carbocycles. The Morgan fingerprint density at radius 2 is 1.91 bits per heavy atom. The van der Waals surface area contributed by atoms with E-state index in [1.54, 1.807) is 14.2 Å². The standard InChI is InChI=1S/C18H34O4Si/c1-13(9-8-10-23(5,6)7)11-15(19)17-16(20-3)12-14(2)18(21-4)22-17/h13-19H,9,11-12H2,1-7H3/t13-,14+,15-,16-,17+,18-/m0/s1. The molecule has 0 bridgehead atoms. The van der Waals surface area contributed by atoms with Gasteiger partial charge in [0.1, 0.15) is 14.2 Å². The Balaban J connectivity index is 2.59. The van der Waals surface area contributed by atoms with Gasteiger partial charge in [-0.25, -0.2) is 0 Å². The van der Waals surface area contributed by atoms with Crippen LogP contribution < -0.4 is 0 Å². The van der Waals surface area contributed by atoms with Gasteiger partial charge < -0.3 is 19.3 Å². The lowest BCUT2D eigenvalue weighted by Crippen LogP contribution is -2.51. The SMILES string of the molecule is CO[C@H]1O[C@H]([C@@H](O)C[C@@H](C)CC#C[Si](C)(C)C)[C@@H](OC)C[C@H]1C. The van der Waals surface area contributed by atoms with Crippen molar-refractivity contribution >= 4 is 8.07 Å². The van der Waals surface area contributed by atoms with Crippen LogP contribution in [-0.2, 0) is 14.2 Å². The van der Waals surface area contributed by atoms with Gasteiger partial charge in [-0.05, 0) is 18.8 Å². The lowest BCUT2D eigenvalue weighted by atomic mass is 9.89. The monoisotopic (exact) mass is 342 g/mol. The van der Waals surface area contributed by atoms with E-state index in [1.807, 2.05) is 0 Å². The van der Waals surface area contributed by atoms with Gasteiger partial charge >= 0.3 is 0 Å². The molecule has 0 aromatic heterocycles. The first-order valence-electron chi connectivity index (χ1n) is 8.57. The zero-order chi connectivity index (χ0) is 17.6. The van der Waals surface area contributed by atoms with Gasteiger partial charge in [0.05, 0.1) is 12.2 Å². The van der Waals surface area contributed by atoms with E-state index in [4.69, 9.17) is 14.2 Å². The molecule has 0 unspecified atom stereocenters. The molecular weight excluding hydrogens is 308 g/mol. The number of hydrogen-bond donors (Lipinski definition) is 1. The van der Waals surface area contributed by atoms with Crippen molar-refractivity contribution in [2.24, 2.45) is 11.8 Å². The molecule has 1 aliphatic heterocycles. The smallest absolute Gasteiger partial charge is 0.160 e. The highest BCUT2D eigenvalue weighted by molar-refractivity contribution is 6.83. The Hall–Kier alpha value is -0.383. The van der Waals surface area contributed by atoms with Crippen molar-refractivity contribution in [3.8, 4) is 11.5 Å². The third-order valence-corrected chi connectivity index (χ3v) is 5.13. The molecule has 1 aliphatic rings. The molecule has 0 radical (unpaired) electrons. The highest BCUT2D eigenvalue weighted by Gasteiger charge is 2.40. The van der Waals surface area contributed by atoms with E-state index >= 15 is 0 Å². The molecule has 1 fully saturated rings. The second-order valence-electron chi connectivity index (χ2n) is 7.86. The molecule has 6 atom stereocenters. The van der Waals surface area contributed by atoms with Crippen LogP contribution in [0.15, 0.2) is 0 Å². The summed E-state index contributed by atoms with van der Waals surface area (Å²) < 4.78 is 16.9. The average Bonchev–Trinajstić information content (AvgIpc) is 2.45. The molecule has 5 heteroatoms. The molecule has 1 saturated heterocycles. The quantitative estimate of drug-likeness (QED) is 0.595. The minimum atomic E-state index is -1.32. The number of hydrogen-bond acceptors (Lipinski definition) is 4. The molecule has 0 amide bonds. The summed E-state index contributed by atoms with van der Waals surface area (Å²) in [5.74, 6) is 3.88. The largest absolute Gasteiger partial charge is 0.390 e. The van der Waals surface area contributed by atoms with Crippen LogP contribution in [0.3, 0.4) is 0 Å². The molecule has 1 rings (SSSR count). The maximum atomic E-state index is 10.6. The van der Waals surface area contributed by atoms with Gasteiger partial charge in [-0.2, -0.15) is 0 Å². The van der Waals surface area contributed by atoms with Crippen LogP contribution in [-0.4, -0.2) is 52.0 Å². The number of aliphatic hydroxyl groups is 1. The number of methoxy groups -OCH3 is 2. The molecule has 23 heavy (non-hydrogen) atoms. The zero-order valence-corrected chi connectivity index (χ0v) is 16.8. The van der Waals surface area contributed by atoms with Crippen molar-refractivity contribution in [1.82, 2.24) is 0 Å². The first-order valence-corrected chi connectivity index (χ1v) is 12.1. The van der Waals surface area contributed by atoms with E-state index in [9.17, 15) is 5.11 Å². The van der Waals surface area contributed by atoms with Gasteiger partial charge in [-0.1, -0.05) is 33.5 Å². The first kappa shape index (κ1) is 20.7. The summed E-state index contributed by atoms with van der Waals surface area (Å²) in [6.45, 7) is 10.9. The van der Waals surface area contributed by atoms with Gasteiger partial charge in [0.15, 0.2) is 6.29 Å². The predicted molar refractivity (Wildman–Crippen MR) is 95.8 cm³/mol. The Morgan fingerprint density at radius 1 is 1.26 bits per heavy atom. The van der Waals surface area contributed by atoms with Crippen LogP contribution in [0.1, 0.15) is 33.1 Å². The van der Waals surface area contributed by atoms with Gasteiger partial charge in [0.2, 0.25) is 0 Å². The predicted octanol–water partition coefficient (Wildman–Crippen LogP) is 3.06. The third-order valence-electron chi connectivity index (χ3n) is 4.20. The summed E-state index contributed by atoms with van der Waals surface area (Å²) in [6.07, 6.45) is 1.04. The zero-order valence-electron chi connectivity index (χ0n) is 15.8. The van der Waals surface area contributed by atoms with Crippen molar-refractivity contribution < 1.29 is 19.3 Å². The van der Waals surface area contributed by atoms with Crippen molar-refractivity contribution in [3.05, 3.63) is 0 Å². The van der Waals surface area contributed by atoms with Crippen LogP contribution in [0, 0.1) is 23.3 Å². The van der Waals surface area contributed by atoms with Gasteiger partial charge in [0, 0.05) is 26.6 Å². The Bertz CT molecular complexity index is 409. The maximum absolute atomic E-state index is 10.6. The lowest BCUT2D eigenvalue weighted by molar-refractivity contribution is -0.261. The second-order valence-corrected chi connectivity index (χ2v) is 12.6. The first-order chi connectivity index (χ1) is 10.7. The van der Waals surface area contributed by atoms with Crippen LogP contribution >= 0.6 is 0 Å². The summed E-state index contributed by atoms with van der Waals surface area (Å²) in [7, 11) is 2.00. The molecule has 0 spiro atoms. The summed E-state index contributed by atoms with van der Waals surface area (Å²) in [4.78, 5) is 0. The van der Waals surface area contributed by atoms with E-state index in [0.29, 0.717) is 12.3 Å². The van der Waals surface area contributed by atoms with Crippen LogP contribution in [0.5, 0.6) is 0 Å². The second kappa shape index (κ2) is 9.19. The fourth-order valence-electron chi connectivity index (χ4n) is 2.97. The Labute approximate surface area is 142 Å². The molecule has 134 valence electrons. The van der Waals surface area contributed by atoms with E-state index in [2.05, 4.69) is 45.0 Å². The molecular formula is C18H34O4Si. The molecule has 0 aromatic carbocycles. The van der Waals surface area contributed by atoms with Crippen molar-refractivity contribution in [2.45, 2.75) is 77.4 Å². The maximum Gasteiger partial charge on any atom is 0.160 e. The lowest BCUT2D eigenvalue weighted by Gasteiger charge is -2.41. The summed E-state index contributed by atoms with van der Waals surface area (Å²) in [5.41, 5.74) is 3.38. The minimum absolute atomic E-state index is 0.0910. The molecule has 0 aromatic rings. The summed E-state index contributed by atoms with van der Waals surface area (Å²) >= 11 is 0. The normalized spacial score (nSPS) is 31.1. The highest BCUT2D eigenvalue weighted by Crippen LogP contribution is 2.30. The van der Waals surface area contributed by atoms with Crippen molar-refractivity contribution in [2.75, 3.05) is 14.2 Å². The van der Waals surface area contributed by atoms with Crippen LogP contribution in [0.25, 0.3) is 0 Å². The summed E-state index contributed by atoms with van der Waals surface area (Å²) in [6, 6.07) is 0.